The van der Waals surface area contributed by atoms with Gasteiger partial charge in [-0.15, -0.1) is 24.8 Å². The summed E-state index contributed by atoms with van der Waals surface area (Å²) in [5.41, 5.74) is 0.979. The van der Waals surface area contributed by atoms with Gasteiger partial charge in [0.15, 0.2) is 0 Å². The molecule has 148 valence electrons. The molecule has 1 amide bonds. The maximum atomic E-state index is 13.4. The fourth-order valence-corrected chi connectivity index (χ4v) is 3.90. The van der Waals surface area contributed by atoms with Crippen LogP contribution in [0.5, 0.6) is 0 Å². The van der Waals surface area contributed by atoms with Gasteiger partial charge in [0.05, 0.1) is 5.92 Å². The summed E-state index contributed by atoms with van der Waals surface area (Å²) in [7, 11) is 0. The number of hydrogen-bond acceptors (Lipinski definition) is 3. The van der Waals surface area contributed by atoms with Gasteiger partial charge in [-0.3, -0.25) is 9.69 Å². The Morgan fingerprint density at radius 2 is 2.04 bits per heavy atom. The standard InChI is InChI=1S/C19H28FN3O.2ClH/c1-14-15(2)23(10-8-21-14)19(24)17-6-4-9-22(13-17)12-16-5-3-7-18(20)11-16;;/h3,5,7,11,14-15,17,21H,4,6,8-10,12-13H2,1-2H3;2*1H. The average Bonchev–Trinajstić information content (AvgIpc) is 2.57. The Kier molecular flexibility index (Phi) is 9.31. The van der Waals surface area contributed by atoms with Crippen LogP contribution in [0.2, 0.25) is 0 Å². The molecule has 2 saturated heterocycles. The zero-order valence-electron chi connectivity index (χ0n) is 15.5. The van der Waals surface area contributed by atoms with E-state index in [2.05, 4.69) is 29.0 Å². The molecule has 1 N–H and O–H groups in total. The van der Waals surface area contributed by atoms with Crippen molar-refractivity contribution in [3.8, 4) is 0 Å². The molecule has 4 nitrogen and oxygen atoms in total. The van der Waals surface area contributed by atoms with Crippen molar-refractivity contribution < 1.29 is 9.18 Å². The maximum Gasteiger partial charge on any atom is 0.227 e. The van der Waals surface area contributed by atoms with Crippen molar-refractivity contribution in [2.45, 2.75) is 45.3 Å². The summed E-state index contributed by atoms with van der Waals surface area (Å²) in [6, 6.07) is 7.35. The van der Waals surface area contributed by atoms with E-state index in [9.17, 15) is 9.18 Å². The average molecular weight is 406 g/mol. The van der Waals surface area contributed by atoms with Crippen LogP contribution < -0.4 is 5.32 Å². The van der Waals surface area contributed by atoms with E-state index in [0.717, 1.165) is 51.1 Å². The first kappa shape index (κ1) is 23.2. The molecule has 2 aliphatic rings. The molecule has 0 spiro atoms. The highest BCUT2D eigenvalue weighted by molar-refractivity contribution is 5.85. The Morgan fingerprint density at radius 3 is 2.77 bits per heavy atom. The van der Waals surface area contributed by atoms with Crippen LogP contribution in [0.25, 0.3) is 0 Å². The molecule has 3 atom stereocenters. The lowest BCUT2D eigenvalue weighted by Gasteiger charge is -2.42. The second-order valence-corrected chi connectivity index (χ2v) is 7.22. The lowest BCUT2D eigenvalue weighted by Crippen LogP contribution is -2.59. The highest BCUT2D eigenvalue weighted by atomic mass is 35.5. The maximum absolute atomic E-state index is 13.4. The van der Waals surface area contributed by atoms with Crippen LogP contribution in [0, 0.1) is 11.7 Å². The summed E-state index contributed by atoms with van der Waals surface area (Å²) < 4.78 is 13.4. The Balaban J connectivity index is 0.00000169. The summed E-state index contributed by atoms with van der Waals surface area (Å²) >= 11 is 0. The molecule has 7 heteroatoms. The van der Waals surface area contributed by atoms with E-state index in [4.69, 9.17) is 0 Å². The third-order valence-electron chi connectivity index (χ3n) is 5.47. The predicted molar refractivity (Wildman–Crippen MR) is 108 cm³/mol. The normalized spacial score (nSPS) is 26.6. The minimum absolute atomic E-state index is 0. The van der Waals surface area contributed by atoms with Crippen LogP contribution in [0.1, 0.15) is 32.3 Å². The monoisotopic (exact) mass is 405 g/mol. The zero-order chi connectivity index (χ0) is 17.1. The van der Waals surface area contributed by atoms with E-state index in [1.165, 1.54) is 6.07 Å². The summed E-state index contributed by atoms with van der Waals surface area (Å²) in [5, 5.41) is 3.43. The van der Waals surface area contributed by atoms with Crippen molar-refractivity contribution in [3.05, 3.63) is 35.6 Å². The van der Waals surface area contributed by atoms with Gasteiger partial charge in [0.25, 0.3) is 0 Å². The summed E-state index contributed by atoms with van der Waals surface area (Å²) in [6.45, 7) is 8.41. The van der Waals surface area contributed by atoms with Crippen molar-refractivity contribution >= 4 is 30.7 Å². The zero-order valence-corrected chi connectivity index (χ0v) is 17.1. The van der Waals surface area contributed by atoms with E-state index >= 15 is 0 Å². The van der Waals surface area contributed by atoms with E-state index < -0.39 is 0 Å². The number of nitrogens with one attached hydrogen (secondary N) is 1. The molecule has 1 aromatic rings. The van der Waals surface area contributed by atoms with Gasteiger partial charge in [-0.05, 0) is 50.9 Å². The minimum atomic E-state index is -0.194. The van der Waals surface area contributed by atoms with Crippen LogP contribution >= 0.6 is 24.8 Å². The summed E-state index contributed by atoms with van der Waals surface area (Å²) in [4.78, 5) is 17.3. The van der Waals surface area contributed by atoms with Crippen molar-refractivity contribution in [1.29, 1.82) is 0 Å². The first-order valence-electron chi connectivity index (χ1n) is 9.05. The molecule has 3 unspecified atom stereocenters. The third-order valence-corrected chi connectivity index (χ3v) is 5.47. The topological polar surface area (TPSA) is 35.6 Å². The Labute approximate surface area is 168 Å². The second kappa shape index (κ2) is 10.5. The lowest BCUT2D eigenvalue weighted by atomic mass is 9.94. The molecular weight excluding hydrogens is 376 g/mol. The number of piperazine rings is 1. The molecular formula is C19H30Cl2FN3O. The van der Waals surface area contributed by atoms with Gasteiger partial charge in [-0.25, -0.2) is 4.39 Å². The number of amides is 1. The van der Waals surface area contributed by atoms with Crippen molar-refractivity contribution in [1.82, 2.24) is 15.1 Å². The lowest BCUT2D eigenvalue weighted by molar-refractivity contribution is -0.141. The first-order chi connectivity index (χ1) is 11.5. The second-order valence-electron chi connectivity index (χ2n) is 7.22. The number of piperidine rings is 1. The van der Waals surface area contributed by atoms with Crippen LogP contribution in [0.3, 0.4) is 0 Å². The van der Waals surface area contributed by atoms with Gasteiger partial charge < -0.3 is 10.2 Å². The molecule has 2 aliphatic heterocycles. The Hall–Kier alpha value is -0.880. The van der Waals surface area contributed by atoms with Gasteiger partial charge in [0.1, 0.15) is 5.82 Å². The van der Waals surface area contributed by atoms with Gasteiger partial charge in [0.2, 0.25) is 5.91 Å². The van der Waals surface area contributed by atoms with Gasteiger partial charge >= 0.3 is 0 Å². The highest BCUT2D eigenvalue weighted by Gasteiger charge is 2.34. The molecule has 1 aromatic carbocycles. The molecule has 3 rings (SSSR count). The number of rotatable bonds is 3. The van der Waals surface area contributed by atoms with E-state index in [0.29, 0.717) is 11.9 Å². The molecule has 0 saturated carbocycles. The number of carbonyl (C=O) groups is 1. The molecule has 26 heavy (non-hydrogen) atoms. The number of halogens is 3. The van der Waals surface area contributed by atoms with Gasteiger partial charge in [-0.2, -0.15) is 0 Å². The Morgan fingerprint density at radius 1 is 1.27 bits per heavy atom. The van der Waals surface area contributed by atoms with Crippen molar-refractivity contribution in [3.63, 3.8) is 0 Å². The van der Waals surface area contributed by atoms with Crippen LogP contribution in [-0.4, -0.2) is 54.0 Å². The smallest absolute Gasteiger partial charge is 0.227 e. The fraction of sp³-hybridized carbons (Fsp3) is 0.632. The van der Waals surface area contributed by atoms with Gasteiger partial charge in [-0.1, -0.05) is 12.1 Å². The third kappa shape index (κ3) is 5.56. The molecule has 0 bridgehead atoms. The summed E-state index contributed by atoms with van der Waals surface area (Å²) in [5.74, 6) is 0.167. The molecule has 2 fully saturated rings. The quantitative estimate of drug-likeness (QED) is 0.838. The van der Waals surface area contributed by atoms with E-state index in [1.54, 1.807) is 12.1 Å². The van der Waals surface area contributed by atoms with Crippen molar-refractivity contribution in [2.75, 3.05) is 26.2 Å². The number of nitrogens with zero attached hydrogens (tertiary/aromatic N) is 2. The van der Waals surface area contributed by atoms with Gasteiger partial charge in [0, 0.05) is 38.3 Å². The van der Waals surface area contributed by atoms with Crippen LogP contribution in [-0.2, 0) is 11.3 Å². The largest absolute Gasteiger partial charge is 0.337 e. The van der Waals surface area contributed by atoms with Crippen molar-refractivity contribution in [2.24, 2.45) is 5.92 Å². The first-order valence-corrected chi connectivity index (χ1v) is 9.05. The highest BCUT2D eigenvalue weighted by Crippen LogP contribution is 2.23. The van der Waals surface area contributed by atoms with E-state index in [1.807, 2.05) is 6.07 Å². The number of carbonyl (C=O) groups excluding carboxylic acids is 1. The number of benzene rings is 1. The van der Waals surface area contributed by atoms with Crippen LogP contribution in [0.15, 0.2) is 24.3 Å². The molecule has 0 radical (unpaired) electrons. The molecule has 0 aliphatic carbocycles. The summed E-state index contributed by atoms with van der Waals surface area (Å²) in [6.07, 6.45) is 1.99. The van der Waals surface area contributed by atoms with Crippen LogP contribution in [0.4, 0.5) is 4.39 Å². The van der Waals surface area contributed by atoms with E-state index in [-0.39, 0.29) is 42.6 Å². The predicted octanol–water partition coefficient (Wildman–Crippen LogP) is 3.09. The molecule has 2 heterocycles. The number of likely N-dealkylation sites (tertiary alicyclic amines) is 1. The SMILES string of the molecule is CC1NCCN(C(=O)C2CCCN(Cc3cccc(F)c3)C2)C1C.Cl.Cl. The number of hydrogen-bond donors (Lipinski definition) is 1. The fourth-order valence-electron chi connectivity index (χ4n) is 3.90. The Bertz CT molecular complexity index is 590. The molecule has 0 aromatic heterocycles. The minimum Gasteiger partial charge on any atom is -0.337 e.